The van der Waals surface area contributed by atoms with E-state index >= 15 is 0 Å². The molecule has 0 radical (unpaired) electrons. The van der Waals surface area contributed by atoms with E-state index in [-0.39, 0.29) is 51.4 Å². The molecule has 0 bridgehead atoms. The first-order valence-corrected chi connectivity index (χ1v) is 5.30. The van der Waals surface area contributed by atoms with Crippen LogP contribution in [0.2, 0.25) is 5.02 Å². The molecule has 0 aliphatic rings. The van der Waals surface area contributed by atoms with Gasteiger partial charge in [0.15, 0.2) is 0 Å². The van der Waals surface area contributed by atoms with Crippen LogP contribution in [0.15, 0.2) is 48.5 Å². The van der Waals surface area contributed by atoms with Crippen molar-refractivity contribution in [3.8, 4) is 11.8 Å². The van der Waals surface area contributed by atoms with E-state index in [0.717, 1.165) is 0 Å². The first kappa shape index (κ1) is 15.5. The minimum Gasteiger partial charge on any atom is -0.557 e. The third-order valence-corrected chi connectivity index (χ3v) is 2.39. The Labute approximate surface area is 153 Å². The van der Waals surface area contributed by atoms with Crippen LogP contribution in [0.3, 0.4) is 0 Å². The maximum atomic E-state index is 8.72. The number of hydrogen-bond donors (Lipinski definition) is 0. The van der Waals surface area contributed by atoms with Gasteiger partial charge in [-0.2, -0.15) is 5.26 Å². The van der Waals surface area contributed by atoms with Gasteiger partial charge in [-0.05, 0) is 18.2 Å². The Morgan fingerprint density at radius 1 is 1.11 bits per heavy atom. The second-order valence-electron chi connectivity index (χ2n) is 3.27. The number of para-hydroxylation sites is 1. The molecule has 0 aromatic heterocycles. The van der Waals surface area contributed by atoms with Gasteiger partial charge in [-0.15, -0.1) is 5.69 Å². The molecule has 0 heterocycles. The van der Waals surface area contributed by atoms with Gasteiger partial charge in [0.1, 0.15) is 11.8 Å². The van der Waals surface area contributed by atoms with Crippen LogP contribution in [0, 0.1) is 11.3 Å². The zero-order valence-electron chi connectivity index (χ0n) is 9.80. The summed E-state index contributed by atoms with van der Waals surface area (Å²) in [4.78, 5) is 5.20. The van der Waals surface area contributed by atoms with Gasteiger partial charge in [-0.1, -0.05) is 41.9 Å². The van der Waals surface area contributed by atoms with E-state index in [0.29, 0.717) is 22.0 Å². The molecule has 3 nitrogen and oxygen atoms in total. The molecule has 0 fully saturated rings. The zero-order valence-corrected chi connectivity index (χ0v) is 13.7. The van der Waals surface area contributed by atoms with E-state index in [1.807, 2.05) is 24.3 Å². The average molecular weight is 283 g/mol. The molecule has 2 aromatic rings. The quantitative estimate of drug-likeness (QED) is 0.628. The minimum absolute atomic E-state index is 0. The molecule has 0 N–H and O–H groups in total. The second kappa shape index (κ2) is 7.80. The van der Waals surface area contributed by atoms with Gasteiger partial charge < -0.3 is 10.3 Å². The van der Waals surface area contributed by atoms with Crippen molar-refractivity contribution in [1.82, 2.24) is 0 Å². The van der Waals surface area contributed by atoms with E-state index in [9.17, 15) is 0 Å². The van der Waals surface area contributed by atoms with Crippen molar-refractivity contribution >= 4 is 17.3 Å². The van der Waals surface area contributed by atoms with Gasteiger partial charge in [0.05, 0.1) is 10.6 Å². The fourth-order valence-electron chi connectivity index (χ4n) is 1.24. The number of benzene rings is 2. The molecule has 0 saturated heterocycles. The first-order valence-electron chi connectivity index (χ1n) is 4.92. The van der Waals surface area contributed by atoms with Crippen molar-refractivity contribution in [1.29, 1.82) is 5.26 Å². The maximum Gasteiger partial charge on any atom is 1.00 e. The first-order chi connectivity index (χ1) is 8.29. The third-order valence-electron chi connectivity index (χ3n) is 2.07. The molecule has 0 aliphatic carbocycles. The normalized spacial score (nSPS) is 8.89. The van der Waals surface area contributed by atoms with Crippen LogP contribution < -0.4 is 56.2 Å². The van der Waals surface area contributed by atoms with Crippen LogP contribution in [0.5, 0.6) is 5.75 Å². The minimum atomic E-state index is 0. The molecule has 0 atom stereocenters. The summed E-state index contributed by atoms with van der Waals surface area (Å²) >= 11 is 5.87. The Bertz CT molecular complexity index is 555. The Kier molecular flexibility index (Phi) is 6.72. The molecular weight excluding hydrogens is 275 g/mol. The standard InChI is InChI=1S/C13H8ClN2O.K/c14-13-8-11(7-6-10(13)9-15)16-17-12-4-2-1-3-5-12;/h1-8H;/q-1;+1. The van der Waals surface area contributed by atoms with Crippen LogP contribution in [-0.2, 0) is 0 Å². The fourth-order valence-corrected chi connectivity index (χ4v) is 1.46. The molecule has 5 heteroatoms. The van der Waals surface area contributed by atoms with E-state index in [4.69, 9.17) is 21.7 Å². The predicted octanol–water partition coefficient (Wildman–Crippen LogP) is 1.21. The molecule has 2 rings (SSSR count). The number of hydrogen-bond acceptors (Lipinski definition) is 2. The summed E-state index contributed by atoms with van der Waals surface area (Å²) in [7, 11) is 0. The molecular formula is C13H8ClKN2O. The van der Waals surface area contributed by atoms with Gasteiger partial charge in [0.2, 0.25) is 0 Å². The summed E-state index contributed by atoms with van der Waals surface area (Å²) in [5.74, 6) is 0.646. The predicted molar refractivity (Wildman–Crippen MR) is 66.3 cm³/mol. The maximum absolute atomic E-state index is 8.72. The molecule has 0 spiro atoms. The van der Waals surface area contributed by atoms with Crippen LogP contribution in [0.1, 0.15) is 5.56 Å². The molecule has 0 aliphatic heterocycles. The largest absolute Gasteiger partial charge is 1.00 e. The van der Waals surface area contributed by atoms with Crippen molar-refractivity contribution in [2.75, 3.05) is 0 Å². The smallest absolute Gasteiger partial charge is 0.557 e. The van der Waals surface area contributed by atoms with Gasteiger partial charge in [-0.3, -0.25) is 0 Å². The summed E-state index contributed by atoms with van der Waals surface area (Å²) < 4.78 is 0. The Hall–Kier alpha value is -0.544. The summed E-state index contributed by atoms with van der Waals surface area (Å²) in [5, 5.41) is 9.09. The Morgan fingerprint density at radius 2 is 1.83 bits per heavy atom. The number of nitriles is 1. The topological polar surface area (TPSA) is 47.1 Å². The summed E-state index contributed by atoms with van der Waals surface area (Å²) in [5.41, 5.74) is 4.91. The fraction of sp³-hybridized carbons (Fsp3) is 0. The van der Waals surface area contributed by atoms with Gasteiger partial charge in [0, 0.05) is 0 Å². The Morgan fingerprint density at radius 3 is 2.44 bits per heavy atom. The second-order valence-corrected chi connectivity index (χ2v) is 3.68. The van der Waals surface area contributed by atoms with Crippen LogP contribution in [-0.4, -0.2) is 0 Å². The monoisotopic (exact) mass is 282 g/mol. The summed E-state index contributed by atoms with van der Waals surface area (Å²) in [6, 6.07) is 16.1. The third kappa shape index (κ3) is 4.28. The van der Waals surface area contributed by atoms with Crippen LogP contribution >= 0.6 is 11.6 Å². The van der Waals surface area contributed by atoms with E-state index in [2.05, 4.69) is 5.48 Å². The molecule has 18 heavy (non-hydrogen) atoms. The van der Waals surface area contributed by atoms with Gasteiger partial charge in [0.25, 0.3) is 0 Å². The summed E-state index contributed by atoms with van der Waals surface area (Å²) in [6.45, 7) is 0. The van der Waals surface area contributed by atoms with Crippen molar-refractivity contribution < 1.29 is 56.2 Å². The number of nitrogens with zero attached hydrogens (tertiary/aromatic N) is 2. The van der Waals surface area contributed by atoms with Crippen LogP contribution in [0.25, 0.3) is 5.48 Å². The zero-order chi connectivity index (χ0) is 12.1. The van der Waals surface area contributed by atoms with Gasteiger partial charge >= 0.3 is 51.4 Å². The van der Waals surface area contributed by atoms with Crippen molar-refractivity contribution in [2.24, 2.45) is 0 Å². The van der Waals surface area contributed by atoms with E-state index in [1.165, 1.54) is 0 Å². The van der Waals surface area contributed by atoms with E-state index in [1.54, 1.807) is 30.3 Å². The summed E-state index contributed by atoms with van der Waals surface area (Å²) in [6.07, 6.45) is 0. The van der Waals surface area contributed by atoms with Crippen LogP contribution in [0.4, 0.5) is 5.69 Å². The number of halogens is 1. The SMILES string of the molecule is N#Cc1ccc([N-]Oc2ccccc2)cc1Cl.[K+]. The Balaban J connectivity index is 0.00000162. The molecule has 84 valence electrons. The molecule has 2 aromatic carbocycles. The molecule has 0 unspecified atom stereocenters. The van der Waals surface area contributed by atoms with Crippen molar-refractivity contribution in [3.63, 3.8) is 0 Å². The molecule has 0 saturated carbocycles. The molecule has 0 amide bonds. The van der Waals surface area contributed by atoms with Crippen molar-refractivity contribution in [3.05, 3.63) is 64.6 Å². The van der Waals surface area contributed by atoms with E-state index < -0.39 is 0 Å². The average Bonchev–Trinajstić information content (AvgIpc) is 2.38. The number of rotatable bonds is 3. The van der Waals surface area contributed by atoms with Crippen molar-refractivity contribution in [2.45, 2.75) is 0 Å². The van der Waals surface area contributed by atoms with Gasteiger partial charge in [-0.25, -0.2) is 0 Å².